The molecule has 0 bridgehead atoms. The minimum Gasteiger partial charge on any atom is -0.316 e. The van der Waals surface area contributed by atoms with Gasteiger partial charge >= 0.3 is 0 Å². The Morgan fingerprint density at radius 3 is 2.59 bits per heavy atom. The van der Waals surface area contributed by atoms with E-state index in [1.54, 1.807) is 0 Å². The van der Waals surface area contributed by atoms with Gasteiger partial charge in [0.05, 0.1) is 5.56 Å². The van der Waals surface area contributed by atoms with Gasteiger partial charge in [0, 0.05) is 10.8 Å². The molecule has 120 valence electrons. The first-order valence-corrected chi connectivity index (χ1v) is 9.19. The Morgan fingerprint density at radius 1 is 1.32 bits per heavy atom. The second kappa shape index (κ2) is 7.78. The number of nitrogens with one attached hydrogen (secondary N) is 1. The quantitative estimate of drug-likeness (QED) is 0.814. The summed E-state index contributed by atoms with van der Waals surface area (Å²) >= 11 is 1.52. The highest BCUT2D eigenvalue weighted by atomic mass is 32.1. The Kier molecular flexibility index (Phi) is 6.02. The van der Waals surface area contributed by atoms with Crippen LogP contribution in [0.5, 0.6) is 0 Å². The van der Waals surface area contributed by atoms with Crippen LogP contribution in [-0.2, 0) is 4.79 Å². The van der Waals surface area contributed by atoms with Crippen LogP contribution >= 0.6 is 11.3 Å². The van der Waals surface area contributed by atoms with Gasteiger partial charge in [-0.05, 0) is 51.0 Å². The molecule has 0 aliphatic heterocycles. The third-order valence-electron chi connectivity index (χ3n) is 4.92. The summed E-state index contributed by atoms with van der Waals surface area (Å²) in [7, 11) is 0. The molecule has 1 saturated carbocycles. The molecule has 0 atom stereocenters. The van der Waals surface area contributed by atoms with E-state index in [0.717, 1.165) is 34.2 Å². The molecule has 0 unspecified atom stereocenters. The lowest BCUT2D eigenvalue weighted by Gasteiger charge is -2.27. The fourth-order valence-electron chi connectivity index (χ4n) is 3.27. The van der Waals surface area contributed by atoms with Gasteiger partial charge in [0.2, 0.25) is 5.91 Å². The fourth-order valence-corrected chi connectivity index (χ4v) is 4.28. The highest BCUT2D eigenvalue weighted by Gasteiger charge is 2.27. The minimum absolute atomic E-state index is 0.103. The van der Waals surface area contributed by atoms with Crippen molar-refractivity contribution in [2.45, 2.75) is 65.7 Å². The zero-order chi connectivity index (χ0) is 16.1. The van der Waals surface area contributed by atoms with Crippen molar-refractivity contribution in [3.63, 3.8) is 0 Å². The molecule has 0 spiro atoms. The van der Waals surface area contributed by atoms with Crippen LogP contribution in [0.15, 0.2) is 0 Å². The summed E-state index contributed by atoms with van der Waals surface area (Å²) in [6.45, 7) is 6.17. The van der Waals surface area contributed by atoms with Gasteiger partial charge in [-0.1, -0.05) is 26.2 Å². The van der Waals surface area contributed by atoms with E-state index in [-0.39, 0.29) is 11.8 Å². The number of hydrogen-bond donors (Lipinski definition) is 1. The number of carbonyl (C=O) groups excluding carboxylic acids is 1. The van der Waals surface area contributed by atoms with E-state index in [0.29, 0.717) is 5.56 Å². The Bertz CT molecular complexity index is 562. The van der Waals surface area contributed by atoms with Crippen molar-refractivity contribution < 1.29 is 4.79 Å². The summed E-state index contributed by atoms with van der Waals surface area (Å²) in [5.41, 5.74) is 1.62. The molecule has 1 aliphatic rings. The van der Waals surface area contributed by atoms with Crippen LogP contribution < -0.4 is 5.32 Å². The topological polar surface area (TPSA) is 52.9 Å². The maximum atomic E-state index is 12.5. The summed E-state index contributed by atoms with van der Waals surface area (Å²) in [5.74, 6) is 1.03. The number of thiophene rings is 1. The molecule has 1 N–H and O–H groups in total. The first kappa shape index (κ1) is 17.0. The summed E-state index contributed by atoms with van der Waals surface area (Å²) in [5, 5.41) is 13.0. The van der Waals surface area contributed by atoms with Crippen LogP contribution in [0.4, 0.5) is 5.00 Å². The van der Waals surface area contributed by atoms with E-state index < -0.39 is 0 Å². The number of amides is 1. The number of nitriles is 1. The van der Waals surface area contributed by atoms with Gasteiger partial charge in [-0.3, -0.25) is 4.79 Å². The van der Waals surface area contributed by atoms with Crippen LogP contribution in [0.1, 0.15) is 67.9 Å². The van der Waals surface area contributed by atoms with Gasteiger partial charge < -0.3 is 5.32 Å². The van der Waals surface area contributed by atoms with Crippen molar-refractivity contribution in [1.82, 2.24) is 0 Å². The molecule has 1 fully saturated rings. The smallest absolute Gasteiger partial charge is 0.228 e. The molecule has 3 nitrogen and oxygen atoms in total. The Morgan fingerprint density at radius 2 is 2.00 bits per heavy atom. The average Bonchev–Trinajstić information content (AvgIpc) is 2.79. The van der Waals surface area contributed by atoms with Crippen LogP contribution in [-0.4, -0.2) is 5.91 Å². The van der Waals surface area contributed by atoms with E-state index in [9.17, 15) is 10.1 Å². The first-order chi connectivity index (χ1) is 10.6. The maximum Gasteiger partial charge on any atom is 0.228 e. The van der Waals surface area contributed by atoms with Crippen LogP contribution in [0.2, 0.25) is 0 Å². The summed E-state index contributed by atoms with van der Waals surface area (Å²) in [6, 6.07) is 2.22. The Hall–Kier alpha value is -1.34. The SMILES string of the molecule is CCCCC1CCC(C(=O)Nc2sc(C)c(C)c2C#N)CC1. The van der Waals surface area contributed by atoms with Gasteiger partial charge in [0.25, 0.3) is 0 Å². The van der Waals surface area contributed by atoms with E-state index in [2.05, 4.69) is 18.3 Å². The second-order valence-corrected chi connectivity index (χ2v) is 7.67. The van der Waals surface area contributed by atoms with Crippen molar-refractivity contribution in [2.24, 2.45) is 11.8 Å². The summed E-state index contributed by atoms with van der Waals surface area (Å²) in [4.78, 5) is 13.6. The zero-order valence-corrected chi connectivity index (χ0v) is 14.7. The minimum atomic E-state index is 0.103. The highest BCUT2D eigenvalue weighted by molar-refractivity contribution is 7.16. The van der Waals surface area contributed by atoms with Crippen molar-refractivity contribution >= 4 is 22.2 Å². The first-order valence-electron chi connectivity index (χ1n) is 8.37. The number of unbranched alkanes of at least 4 members (excludes halogenated alkanes) is 1. The standard InChI is InChI=1S/C18H26N2OS/c1-4-5-6-14-7-9-15(10-8-14)17(21)20-18-16(11-19)12(2)13(3)22-18/h14-15H,4-10H2,1-3H3,(H,20,21). The number of anilines is 1. The Labute approximate surface area is 137 Å². The zero-order valence-electron chi connectivity index (χ0n) is 13.9. The molecule has 0 radical (unpaired) electrons. The average molecular weight is 318 g/mol. The lowest BCUT2D eigenvalue weighted by atomic mass is 9.79. The molecule has 1 aliphatic carbocycles. The monoisotopic (exact) mass is 318 g/mol. The number of aryl methyl sites for hydroxylation is 1. The maximum absolute atomic E-state index is 12.5. The van der Waals surface area contributed by atoms with E-state index in [4.69, 9.17) is 0 Å². The molecule has 1 aromatic heterocycles. The van der Waals surface area contributed by atoms with Gasteiger partial charge in [0.1, 0.15) is 11.1 Å². The third-order valence-corrected chi connectivity index (χ3v) is 6.04. The molecule has 1 heterocycles. The Balaban J connectivity index is 1.92. The van der Waals surface area contributed by atoms with E-state index >= 15 is 0 Å². The normalized spacial score (nSPS) is 21.4. The fraction of sp³-hybridized carbons (Fsp3) is 0.667. The van der Waals surface area contributed by atoms with Gasteiger partial charge in [-0.2, -0.15) is 5.26 Å². The molecule has 2 rings (SSSR count). The van der Waals surface area contributed by atoms with E-state index in [1.165, 1.54) is 43.4 Å². The number of nitrogens with zero attached hydrogens (tertiary/aromatic N) is 1. The van der Waals surface area contributed by atoms with Crippen LogP contribution in [0, 0.1) is 37.0 Å². The van der Waals surface area contributed by atoms with Gasteiger partial charge in [-0.25, -0.2) is 0 Å². The van der Waals surface area contributed by atoms with Crippen LogP contribution in [0.3, 0.4) is 0 Å². The molecule has 1 aromatic rings. The van der Waals surface area contributed by atoms with Crippen molar-refractivity contribution in [2.75, 3.05) is 5.32 Å². The number of carbonyl (C=O) groups is 1. The molecule has 0 saturated heterocycles. The van der Waals surface area contributed by atoms with Crippen molar-refractivity contribution in [3.05, 3.63) is 16.0 Å². The predicted octanol–water partition coefficient (Wildman–Crippen LogP) is 5.17. The largest absolute Gasteiger partial charge is 0.316 e. The van der Waals surface area contributed by atoms with Crippen molar-refractivity contribution in [1.29, 1.82) is 5.26 Å². The van der Waals surface area contributed by atoms with Crippen molar-refractivity contribution in [3.8, 4) is 6.07 Å². The van der Waals surface area contributed by atoms with Crippen LogP contribution in [0.25, 0.3) is 0 Å². The number of rotatable bonds is 5. The molecular weight excluding hydrogens is 292 g/mol. The molecule has 0 aromatic carbocycles. The number of hydrogen-bond acceptors (Lipinski definition) is 3. The molecule has 4 heteroatoms. The van der Waals surface area contributed by atoms with Gasteiger partial charge in [-0.15, -0.1) is 11.3 Å². The summed E-state index contributed by atoms with van der Waals surface area (Å²) < 4.78 is 0. The predicted molar refractivity (Wildman–Crippen MR) is 92.1 cm³/mol. The third kappa shape index (κ3) is 3.89. The summed E-state index contributed by atoms with van der Waals surface area (Å²) in [6.07, 6.45) is 8.20. The molecule has 1 amide bonds. The lowest BCUT2D eigenvalue weighted by Crippen LogP contribution is -2.27. The molecule has 22 heavy (non-hydrogen) atoms. The highest BCUT2D eigenvalue weighted by Crippen LogP contribution is 2.35. The lowest BCUT2D eigenvalue weighted by molar-refractivity contribution is -0.121. The van der Waals surface area contributed by atoms with E-state index in [1.807, 2.05) is 13.8 Å². The second-order valence-electron chi connectivity index (χ2n) is 6.45. The van der Waals surface area contributed by atoms with Gasteiger partial charge in [0.15, 0.2) is 0 Å². The molecular formula is C18H26N2OS.